The zero-order chi connectivity index (χ0) is 28.0. The van der Waals surface area contributed by atoms with Gasteiger partial charge in [-0.05, 0) is 72.8 Å². The van der Waals surface area contributed by atoms with Crippen molar-refractivity contribution in [1.82, 2.24) is 0 Å². The van der Waals surface area contributed by atoms with Crippen LogP contribution >= 0.6 is 0 Å². The maximum atomic E-state index is 12.8. The lowest BCUT2D eigenvalue weighted by atomic mass is 9.84. The molecule has 9 nitrogen and oxygen atoms in total. The smallest absolute Gasteiger partial charge is 0.309 e. The molecule has 4 N–H and O–H groups in total. The normalized spacial score (nSPS) is 25.7. The molecule has 1 heterocycles. The Balaban J connectivity index is 1.83. The van der Waals surface area contributed by atoms with Crippen LogP contribution in [0.3, 0.4) is 0 Å². The van der Waals surface area contributed by atoms with E-state index < -0.39 is 53.8 Å². The van der Waals surface area contributed by atoms with Crippen molar-refractivity contribution < 1.29 is 44.3 Å². The Morgan fingerprint density at radius 3 is 2.38 bits per heavy atom. The van der Waals surface area contributed by atoms with Crippen LogP contribution in [0.1, 0.15) is 86.0 Å². The number of carboxylic acid groups (broad SMARTS) is 1. The molecule has 1 saturated heterocycles. The molecule has 208 valence electrons. The first kappa shape index (κ1) is 30.9. The summed E-state index contributed by atoms with van der Waals surface area (Å²) in [6.45, 7) is 8.59. The molecule has 4 unspecified atom stereocenters. The Hall–Kier alpha value is -2.33. The van der Waals surface area contributed by atoms with Crippen molar-refractivity contribution in [2.45, 2.75) is 115 Å². The van der Waals surface area contributed by atoms with Gasteiger partial charge in [0, 0.05) is 12.0 Å². The van der Waals surface area contributed by atoms with Crippen molar-refractivity contribution in [3.63, 3.8) is 0 Å². The van der Waals surface area contributed by atoms with E-state index >= 15 is 0 Å². The van der Waals surface area contributed by atoms with Gasteiger partial charge >= 0.3 is 11.9 Å². The van der Waals surface area contributed by atoms with Gasteiger partial charge in [-0.1, -0.05) is 23.3 Å². The van der Waals surface area contributed by atoms with Crippen molar-refractivity contribution >= 4 is 17.7 Å². The maximum absolute atomic E-state index is 12.8. The third-order valence-corrected chi connectivity index (χ3v) is 6.74. The Bertz CT molecular complexity index is 951. The SMILES string of the molecule is CC(=CCC12OC1C(O)C(COC(=O)CC(C)(O)CC(=O)O)=CC2=O)CCC=C(C)CCCC(C)(C)O. The van der Waals surface area contributed by atoms with Gasteiger partial charge in [-0.2, -0.15) is 0 Å². The van der Waals surface area contributed by atoms with Crippen molar-refractivity contribution in [1.29, 1.82) is 0 Å². The van der Waals surface area contributed by atoms with Crippen LogP contribution < -0.4 is 0 Å². The second-order valence-electron chi connectivity index (χ2n) is 11.4. The predicted molar refractivity (Wildman–Crippen MR) is 137 cm³/mol. The Morgan fingerprint density at radius 1 is 1.11 bits per heavy atom. The number of epoxide rings is 1. The minimum Gasteiger partial charge on any atom is -0.481 e. The van der Waals surface area contributed by atoms with Gasteiger partial charge in [0.1, 0.15) is 18.8 Å². The largest absolute Gasteiger partial charge is 0.481 e. The highest BCUT2D eigenvalue weighted by molar-refractivity contribution is 6.02. The Kier molecular flexibility index (Phi) is 10.4. The van der Waals surface area contributed by atoms with E-state index in [1.807, 2.05) is 26.8 Å². The van der Waals surface area contributed by atoms with Crippen LogP contribution in [0.2, 0.25) is 0 Å². The summed E-state index contributed by atoms with van der Waals surface area (Å²) in [6, 6.07) is 0. The Morgan fingerprint density at radius 2 is 1.76 bits per heavy atom. The fraction of sp³-hybridized carbons (Fsp3) is 0.679. The van der Waals surface area contributed by atoms with Crippen LogP contribution in [0.4, 0.5) is 0 Å². The molecule has 4 atom stereocenters. The molecule has 2 aliphatic rings. The Labute approximate surface area is 218 Å². The molecular formula is C28H42O9. The molecule has 0 aromatic carbocycles. The number of carbonyl (C=O) groups is 3. The first-order valence-electron chi connectivity index (χ1n) is 12.8. The number of ketones is 1. The first-order chi connectivity index (χ1) is 17.0. The molecule has 9 heteroatoms. The van der Waals surface area contributed by atoms with E-state index in [9.17, 15) is 29.7 Å². The molecule has 0 aromatic rings. The summed E-state index contributed by atoms with van der Waals surface area (Å²) >= 11 is 0. The minimum absolute atomic E-state index is 0.209. The van der Waals surface area contributed by atoms with Gasteiger partial charge in [0.2, 0.25) is 0 Å². The van der Waals surface area contributed by atoms with Gasteiger partial charge in [-0.25, -0.2) is 0 Å². The third kappa shape index (κ3) is 9.81. The molecule has 0 radical (unpaired) electrons. The number of esters is 1. The van der Waals surface area contributed by atoms with Crippen molar-refractivity contribution in [2.75, 3.05) is 6.61 Å². The van der Waals surface area contributed by atoms with Crippen molar-refractivity contribution in [3.05, 3.63) is 34.9 Å². The summed E-state index contributed by atoms with van der Waals surface area (Å²) in [5.74, 6) is -2.37. The molecule has 0 spiro atoms. The highest BCUT2D eigenvalue weighted by Crippen LogP contribution is 2.48. The third-order valence-electron chi connectivity index (χ3n) is 6.74. The van der Waals surface area contributed by atoms with Crippen LogP contribution in [0, 0.1) is 0 Å². The number of rotatable bonds is 15. The fourth-order valence-corrected chi connectivity index (χ4v) is 4.46. The lowest BCUT2D eigenvalue weighted by molar-refractivity contribution is -0.151. The van der Waals surface area contributed by atoms with Gasteiger partial charge in [-0.3, -0.25) is 14.4 Å². The molecule has 0 saturated carbocycles. The quantitative estimate of drug-likeness (QED) is 0.144. The van der Waals surface area contributed by atoms with E-state index in [1.165, 1.54) is 18.6 Å². The molecule has 0 amide bonds. The second-order valence-corrected chi connectivity index (χ2v) is 11.4. The van der Waals surface area contributed by atoms with Crippen molar-refractivity contribution in [3.8, 4) is 0 Å². The number of hydrogen-bond acceptors (Lipinski definition) is 8. The number of aliphatic hydroxyl groups is 3. The molecule has 0 bridgehead atoms. The minimum atomic E-state index is -1.76. The van der Waals surface area contributed by atoms with Crippen molar-refractivity contribution in [2.24, 2.45) is 0 Å². The molecule has 1 aliphatic heterocycles. The van der Waals surface area contributed by atoms with E-state index in [4.69, 9.17) is 14.6 Å². The van der Waals surface area contributed by atoms with E-state index in [0.29, 0.717) is 6.42 Å². The van der Waals surface area contributed by atoms with Crippen LogP contribution in [-0.2, 0) is 23.9 Å². The second kappa shape index (κ2) is 12.5. The van der Waals surface area contributed by atoms with Gasteiger partial charge in [0.15, 0.2) is 11.4 Å². The number of fused-ring (bicyclic) bond motifs is 1. The number of ether oxygens (including phenoxy) is 2. The topological polar surface area (TPSA) is 154 Å². The number of aliphatic carboxylic acids is 1. The summed E-state index contributed by atoms with van der Waals surface area (Å²) in [6.07, 6.45) is 7.15. The fourth-order valence-electron chi connectivity index (χ4n) is 4.46. The number of aliphatic hydroxyl groups excluding tert-OH is 1. The van der Waals surface area contributed by atoms with Gasteiger partial charge in [0.25, 0.3) is 0 Å². The van der Waals surface area contributed by atoms with E-state index in [-0.39, 0.29) is 18.0 Å². The summed E-state index contributed by atoms with van der Waals surface area (Å²) in [7, 11) is 0. The van der Waals surface area contributed by atoms with E-state index in [2.05, 4.69) is 13.0 Å². The van der Waals surface area contributed by atoms with Crippen LogP contribution in [0.5, 0.6) is 0 Å². The molecule has 1 fully saturated rings. The predicted octanol–water partition coefficient (Wildman–Crippen LogP) is 3.16. The highest BCUT2D eigenvalue weighted by atomic mass is 16.6. The number of carboxylic acids is 1. The monoisotopic (exact) mass is 522 g/mol. The van der Waals surface area contributed by atoms with Gasteiger partial charge in [-0.15, -0.1) is 0 Å². The van der Waals surface area contributed by atoms with Crippen LogP contribution in [0.15, 0.2) is 34.9 Å². The lowest BCUT2D eigenvalue weighted by Gasteiger charge is -2.22. The zero-order valence-electron chi connectivity index (χ0n) is 22.6. The average molecular weight is 523 g/mol. The van der Waals surface area contributed by atoms with E-state index in [0.717, 1.165) is 37.7 Å². The summed E-state index contributed by atoms with van der Waals surface area (Å²) in [5, 5.41) is 39.2. The summed E-state index contributed by atoms with van der Waals surface area (Å²) < 4.78 is 10.7. The molecule has 37 heavy (non-hydrogen) atoms. The standard InChI is InChI=1S/C28H42O9/c1-18(10-7-12-26(3,4)34)8-6-9-19(2)11-13-28-21(29)14-20(24(33)25(28)37-28)17-36-23(32)16-27(5,35)15-22(30)31/h8,11,14,24-25,33-35H,6-7,9-10,12-13,15-17H2,1-5H3,(H,30,31). The number of carbonyl (C=O) groups excluding carboxylic acids is 2. The molecule has 1 aliphatic carbocycles. The molecule has 0 aromatic heterocycles. The zero-order valence-corrected chi connectivity index (χ0v) is 22.6. The number of allylic oxidation sites excluding steroid dienone is 3. The lowest BCUT2D eigenvalue weighted by Crippen LogP contribution is -2.38. The average Bonchev–Trinajstić information content (AvgIpc) is 3.48. The van der Waals surface area contributed by atoms with E-state index in [1.54, 1.807) is 0 Å². The van der Waals surface area contributed by atoms with Gasteiger partial charge in [0.05, 0.1) is 24.0 Å². The van der Waals surface area contributed by atoms with Crippen LogP contribution in [-0.4, -0.2) is 73.8 Å². The first-order valence-corrected chi connectivity index (χ1v) is 12.8. The number of hydrogen-bond donors (Lipinski definition) is 4. The molecule has 2 rings (SSSR count). The van der Waals surface area contributed by atoms with Gasteiger partial charge < -0.3 is 29.9 Å². The molecular weight excluding hydrogens is 480 g/mol. The summed E-state index contributed by atoms with van der Waals surface area (Å²) in [5.41, 5.74) is -0.887. The highest BCUT2D eigenvalue weighted by Gasteiger charge is 2.66. The van der Waals surface area contributed by atoms with Crippen LogP contribution in [0.25, 0.3) is 0 Å². The maximum Gasteiger partial charge on any atom is 0.309 e. The summed E-state index contributed by atoms with van der Waals surface area (Å²) in [4.78, 5) is 35.6.